The summed E-state index contributed by atoms with van der Waals surface area (Å²) in [5, 5.41) is 3.16. The molecule has 0 saturated carbocycles. The van der Waals surface area contributed by atoms with Crippen molar-refractivity contribution in [3.63, 3.8) is 0 Å². The van der Waals surface area contributed by atoms with Crippen LogP contribution in [0.2, 0.25) is 0 Å². The molecule has 0 bridgehead atoms. The molecule has 0 spiro atoms. The van der Waals surface area contributed by atoms with Crippen molar-refractivity contribution in [2.75, 3.05) is 24.6 Å². The van der Waals surface area contributed by atoms with E-state index in [-0.39, 0.29) is 11.5 Å². The Bertz CT molecular complexity index is 367. The van der Waals surface area contributed by atoms with Crippen molar-refractivity contribution in [1.29, 1.82) is 0 Å². The second-order valence-corrected chi connectivity index (χ2v) is 6.14. The first-order valence-corrected chi connectivity index (χ1v) is 6.91. The third-order valence-corrected chi connectivity index (χ3v) is 4.63. The second-order valence-electron chi connectivity index (χ2n) is 3.96. The molecule has 0 aromatic heterocycles. The highest BCUT2D eigenvalue weighted by atomic mass is 32.2. The molecule has 1 unspecified atom stereocenters. The number of sulfone groups is 1. The van der Waals surface area contributed by atoms with Gasteiger partial charge in [-0.3, -0.25) is 5.32 Å². The monoisotopic (exact) mass is 230 g/mol. The predicted octanol–water partition coefficient (Wildman–Crippen LogP) is -0.495. The predicted molar refractivity (Wildman–Crippen MR) is 61.1 cm³/mol. The minimum atomic E-state index is -2.93. The molecule has 1 aliphatic rings. The fourth-order valence-corrected chi connectivity index (χ4v) is 3.82. The van der Waals surface area contributed by atoms with Crippen molar-refractivity contribution >= 4 is 9.84 Å². The maximum atomic E-state index is 11.5. The zero-order chi connectivity index (χ0) is 11.4. The number of rotatable bonds is 3. The van der Waals surface area contributed by atoms with Crippen LogP contribution >= 0.6 is 0 Å². The van der Waals surface area contributed by atoms with E-state index in [0.717, 1.165) is 6.42 Å². The first-order chi connectivity index (χ1) is 7.04. The van der Waals surface area contributed by atoms with Crippen LogP contribution in [0.15, 0.2) is 0 Å². The molecular weight excluding hydrogens is 212 g/mol. The number of hydrogen-bond donors (Lipinski definition) is 2. The minimum Gasteiger partial charge on any atom is -0.329 e. The van der Waals surface area contributed by atoms with Gasteiger partial charge in [-0.25, -0.2) is 8.42 Å². The zero-order valence-corrected chi connectivity index (χ0v) is 9.86. The van der Waals surface area contributed by atoms with E-state index in [0.29, 0.717) is 19.5 Å². The number of nitrogens with one attached hydrogen (secondary N) is 1. The molecule has 1 atom stereocenters. The van der Waals surface area contributed by atoms with Gasteiger partial charge in [0, 0.05) is 12.1 Å². The maximum absolute atomic E-state index is 11.5. The SMILES string of the molecule is CC#CCNC1(CN)CCCS(=O)(=O)C1. The highest BCUT2D eigenvalue weighted by Gasteiger charge is 2.37. The largest absolute Gasteiger partial charge is 0.329 e. The van der Waals surface area contributed by atoms with Crippen LogP contribution in [0.4, 0.5) is 0 Å². The van der Waals surface area contributed by atoms with E-state index in [1.807, 2.05) is 0 Å². The summed E-state index contributed by atoms with van der Waals surface area (Å²) in [5.74, 6) is 6.07. The van der Waals surface area contributed by atoms with Gasteiger partial charge < -0.3 is 5.73 Å². The lowest BCUT2D eigenvalue weighted by Crippen LogP contribution is -2.58. The molecule has 0 aromatic carbocycles. The zero-order valence-electron chi connectivity index (χ0n) is 9.04. The molecule has 1 saturated heterocycles. The topological polar surface area (TPSA) is 72.2 Å². The number of nitrogens with two attached hydrogens (primary N) is 1. The van der Waals surface area contributed by atoms with Crippen molar-refractivity contribution < 1.29 is 8.42 Å². The van der Waals surface area contributed by atoms with E-state index in [4.69, 9.17) is 5.73 Å². The van der Waals surface area contributed by atoms with E-state index in [2.05, 4.69) is 17.2 Å². The Labute approximate surface area is 91.5 Å². The summed E-state index contributed by atoms with van der Waals surface area (Å²) in [6.45, 7) is 2.61. The highest BCUT2D eigenvalue weighted by Crippen LogP contribution is 2.21. The third kappa shape index (κ3) is 3.49. The standard InChI is InChI=1S/C10H18N2O2S/c1-2-3-6-12-10(8-11)5-4-7-15(13,14)9-10/h12H,4-9,11H2,1H3. The van der Waals surface area contributed by atoms with E-state index < -0.39 is 15.4 Å². The van der Waals surface area contributed by atoms with Crippen LogP contribution < -0.4 is 11.1 Å². The van der Waals surface area contributed by atoms with Gasteiger partial charge in [-0.1, -0.05) is 5.92 Å². The average Bonchev–Trinajstić information content (AvgIpc) is 2.17. The Hall–Kier alpha value is -0.570. The van der Waals surface area contributed by atoms with Gasteiger partial charge in [0.05, 0.1) is 18.1 Å². The summed E-state index contributed by atoms with van der Waals surface area (Å²) >= 11 is 0. The fourth-order valence-electron chi connectivity index (χ4n) is 1.89. The molecule has 1 fully saturated rings. The van der Waals surface area contributed by atoms with Gasteiger partial charge in [0.1, 0.15) is 0 Å². The maximum Gasteiger partial charge on any atom is 0.152 e. The van der Waals surface area contributed by atoms with Crippen LogP contribution in [-0.2, 0) is 9.84 Å². The van der Waals surface area contributed by atoms with Crippen LogP contribution in [0.25, 0.3) is 0 Å². The summed E-state index contributed by atoms with van der Waals surface area (Å²) in [5.41, 5.74) is 5.21. The van der Waals surface area contributed by atoms with Gasteiger partial charge in [0.2, 0.25) is 0 Å². The van der Waals surface area contributed by atoms with Gasteiger partial charge in [-0.2, -0.15) is 0 Å². The van der Waals surface area contributed by atoms with Gasteiger partial charge in [0.15, 0.2) is 9.84 Å². The molecule has 0 aromatic rings. The van der Waals surface area contributed by atoms with Gasteiger partial charge in [-0.15, -0.1) is 5.92 Å². The average molecular weight is 230 g/mol. The van der Waals surface area contributed by atoms with E-state index in [1.54, 1.807) is 6.92 Å². The van der Waals surface area contributed by atoms with Crippen molar-refractivity contribution in [2.45, 2.75) is 25.3 Å². The number of hydrogen-bond acceptors (Lipinski definition) is 4. The summed E-state index contributed by atoms with van der Waals surface area (Å²) in [7, 11) is -2.93. The molecule has 5 heteroatoms. The van der Waals surface area contributed by atoms with Crippen LogP contribution in [0.3, 0.4) is 0 Å². The van der Waals surface area contributed by atoms with E-state index in [9.17, 15) is 8.42 Å². The van der Waals surface area contributed by atoms with Gasteiger partial charge in [-0.05, 0) is 19.8 Å². The smallest absolute Gasteiger partial charge is 0.152 e. The molecule has 0 amide bonds. The molecule has 1 rings (SSSR count). The molecule has 15 heavy (non-hydrogen) atoms. The Morgan fingerprint density at radius 3 is 2.80 bits per heavy atom. The van der Waals surface area contributed by atoms with E-state index >= 15 is 0 Å². The Morgan fingerprint density at radius 1 is 1.53 bits per heavy atom. The normalized spacial score (nSPS) is 29.2. The van der Waals surface area contributed by atoms with Crippen LogP contribution in [-0.4, -0.2) is 38.6 Å². The molecular formula is C10H18N2O2S. The first kappa shape index (κ1) is 12.5. The van der Waals surface area contributed by atoms with Gasteiger partial charge >= 0.3 is 0 Å². The molecule has 0 aliphatic carbocycles. The van der Waals surface area contributed by atoms with Crippen molar-refractivity contribution in [1.82, 2.24) is 5.32 Å². The lowest BCUT2D eigenvalue weighted by Gasteiger charge is -2.36. The lowest BCUT2D eigenvalue weighted by molar-refractivity contribution is 0.342. The Balaban J connectivity index is 2.69. The molecule has 1 heterocycles. The van der Waals surface area contributed by atoms with Crippen molar-refractivity contribution in [3.8, 4) is 11.8 Å². The summed E-state index contributed by atoms with van der Waals surface area (Å²) in [6.07, 6.45) is 1.50. The molecule has 3 N–H and O–H groups in total. The van der Waals surface area contributed by atoms with Crippen LogP contribution in [0.1, 0.15) is 19.8 Å². The first-order valence-electron chi connectivity index (χ1n) is 5.09. The summed E-state index contributed by atoms with van der Waals surface area (Å²) in [6, 6.07) is 0. The minimum absolute atomic E-state index is 0.141. The van der Waals surface area contributed by atoms with Crippen molar-refractivity contribution in [3.05, 3.63) is 0 Å². The van der Waals surface area contributed by atoms with Crippen LogP contribution in [0.5, 0.6) is 0 Å². The highest BCUT2D eigenvalue weighted by molar-refractivity contribution is 7.91. The summed E-state index contributed by atoms with van der Waals surface area (Å²) < 4.78 is 23.1. The summed E-state index contributed by atoms with van der Waals surface area (Å²) in [4.78, 5) is 0. The lowest BCUT2D eigenvalue weighted by atomic mass is 9.95. The van der Waals surface area contributed by atoms with Crippen LogP contribution in [0, 0.1) is 11.8 Å². The molecule has 4 nitrogen and oxygen atoms in total. The fraction of sp³-hybridized carbons (Fsp3) is 0.800. The van der Waals surface area contributed by atoms with E-state index in [1.165, 1.54) is 0 Å². The van der Waals surface area contributed by atoms with Crippen molar-refractivity contribution in [2.24, 2.45) is 5.73 Å². The molecule has 86 valence electrons. The molecule has 0 radical (unpaired) electrons. The second kappa shape index (κ2) is 4.97. The quantitative estimate of drug-likeness (QED) is 0.642. The Morgan fingerprint density at radius 2 is 2.27 bits per heavy atom. The van der Waals surface area contributed by atoms with Gasteiger partial charge in [0.25, 0.3) is 0 Å². The third-order valence-electron chi connectivity index (χ3n) is 2.73. The Kier molecular flexibility index (Phi) is 4.14. The molecule has 1 aliphatic heterocycles.